The van der Waals surface area contributed by atoms with Crippen molar-refractivity contribution in [2.45, 2.75) is 171 Å². The van der Waals surface area contributed by atoms with E-state index in [1.165, 1.54) is 51.4 Å². The molecule has 0 spiro atoms. The summed E-state index contributed by atoms with van der Waals surface area (Å²) < 4.78 is 17.9. The summed E-state index contributed by atoms with van der Waals surface area (Å²) in [5.74, 6) is 3.40. The average molecular weight is 602 g/mol. The number of hydrogen-bond donors (Lipinski definition) is 1. The van der Waals surface area contributed by atoms with Crippen molar-refractivity contribution in [1.29, 1.82) is 0 Å². The van der Waals surface area contributed by atoms with E-state index in [1.807, 2.05) is 20.8 Å². The Labute approximate surface area is 263 Å². The first-order valence-electron chi connectivity index (χ1n) is 16.9. The monoisotopic (exact) mass is 601 g/mol. The van der Waals surface area contributed by atoms with Crippen molar-refractivity contribution in [3.8, 4) is 11.5 Å². The third-order valence-electron chi connectivity index (χ3n) is 9.13. The molecule has 1 N–H and O–H groups in total. The summed E-state index contributed by atoms with van der Waals surface area (Å²) >= 11 is 0. The van der Waals surface area contributed by atoms with Crippen molar-refractivity contribution >= 4 is 12.1 Å². The molecule has 3 unspecified atom stereocenters. The van der Waals surface area contributed by atoms with Gasteiger partial charge in [0.15, 0.2) is 0 Å². The van der Waals surface area contributed by atoms with E-state index in [9.17, 15) is 9.59 Å². The van der Waals surface area contributed by atoms with Crippen LogP contribution in [-0.2, 0) is 16.0 Å². The minimum absolute atomic E-state index is 0.189. The van der Waals surface area contributed by atoms with Crippen molar-refractivity contribution in [1.82, 2.24) is 5.32 Å². The van der Waals surface area contributed by atoms with E-state index < -0.39 is 23.7 Å². The number of esters is 1. The molecule has 0 saturated heterocycles. The molecule has 1 aromatic carbocycles. The van der Waals surface area contributed by atoms with Gasteiger partial charge in [0.1, 0.15) is 28.7 Å². The van der Waals surface area contributed by atoms with Gasteiger partial charge in [0.25, 0.3) is 0 Å². The first-order chi connectivity index (χ1) is 19.9. The maximum Gasteiger partial charge on any atom is 0.408 e. The Morgan fingerprint density at radius 1 is 0.860 bits per heavy atom. The summed E-state index contributed by atoms with van der Waals surface area (Å²) in [5.41, 5.74) is 3.13. The number of amides is 1. The number of carbonyl (C=O) groups excluding carboxylic acids is 2. The molecular formula is C37H63NO5. The van der Waals surface area contributed by atoms with E-state index in [-0.39, 0.29) is 5.60 Å². The first kappa shape index (κ1) is 36.9. The molecule has 1 aliphatic heterocycles. The normalized spacial score (nSPS) is 18.8. The van der Waals surface area contributed by atoms with Gasteiger partial charge >= 0.3 is 12.1 Å². The van der Waals surface area contributed by atoms with E-state index in [4.69, 9.17) is 14.2 Å². The molecular weight excluding hydrogens is 538 g/mol. The molecule has 1 aliphatic rings. The minimum atomic E-state index is -0.843. The predicted molar refractivity (Wildman–Crippen MR) is 177 cm³/mol. The Hall–Kier alpha value is -2.24. The maximum absolute atomic E-state index is 12.9. The molecule has 1 heterocycles. The van der Waals surface area contributed by atoms with Crippen LogP contribution in [0.1, 0.15) is 149 Å². The third kappa shape index (κ3) is 12.0. The highest BCUT2D eigenvalue weighted by Crippen LogP contribution is 2.45. The van der Waals surface area contributed by atoms with Crippen molar-refractivity contribution in [2.75, 3.05) is 0 Å². The van der Waals surface area contributed by atoms with Crippen LogP contribution in [-0.4, -0.2) is 29.3 Å². The first-order valence-corrected chi connectivity index (χ1v) is 16.9. The highest BCUT2D eigenvalue weighted by molar-refractivity contribution is 5.83. The number of alkyl carbamates (subject to hydrolysis) is 1. The molecule has 0 aromatic heterocycles. The van der Waals surface area contributed by atoms with Gasteiger partial charge < -0.3 is 19.5 Å². The SMILES string of the molecule is Cc1c(C)c2c(c(C)c1OC(=O)[C@@H](C)NC(=O)OC(C)(C)C)CCC(C)(CCCC(C)CCCC(C)CCCC(C)C)O2. The molecule has 0 aliphatic carbocycles. The molecule has 6 heteroatoms. The van der Waals surface area contributed by atoms with Gasteiger partial charge in [-0.2, -0.15) is 0 Å². The van der Waals surface area contributed by atoms with Gasteiger partial charge in [-0.1, -0.05) is 72.6 Å². The molecule has 6 nitrogen and oxygen atoms in total. The Bertz CT molecular complexity index is 1070. The zero-order valence-corrected chi connectivity index (χ0v) is 29.6. The molecule has 4 atom stereocenters. The van der Waals surface area contributed by atoms with Crippen LogP contribution in [0.15, 0.2) is 0 Å². The van der Waals surface area contributed by atoms with Crippen LogP contribution in [0.4, 0.5) is 4.79 Å². The Balaban J connectivity index is 1.92. The van der Waals surface area contributed by atoms with Crippen LogP contribution in [0.2, 0.25) is 0 Å². The Kier molecular flexibility index (Phi) is 13.9. The lowest BCUT2D eigenvalue weighted by Crippen LogP contribution is -2.43. The topological polar surface area (TPSA) is 73.9 Å². The number of rotatable bonds is 15. The van der Waals surface area contributed by atoms with Crippen LogP contribution in [0.3, 0.4) is 0 Å². The van der Waals surface area contributed by atoms with Crippen molar-refractivity contribution in [2.24, 2.45) is 17.8 Å². The number of ether oxygens (including phenoxy) is 3. The van der Waals surface area contributed by atoms with Crippen LogP contribution in [0, 0.1) is 38.5 Å². The number of carbonyl (C=O) groups is 2. The fraction of sp³-hybridized carbons (Fsp3) is 0.784. The lowest BCUT2D eigenvalue weighted by atomic mass is 9.83. The number of nitrogens with one attached hydrogen (secondary N) is 1. The Morgan fingerprint density at radius 3 is 1.98 bits per heavy atom. The molecule has 1 amide bonds. The van der Waals surface area contributed by atoms with Crippen LogP contribution in [0.25, 0.3) is 0 Å². The molecule has 0 saturated carbocycles. The van der Waals surface area contributed by atoms with Crippen LogP contribution >= 0.6 is 0 Å². The standard InChI is InChI=1S/C37H63NO5/c1-24(2)16-13-17-25(3)18-14-19-26(4)20-15-22-37(12)23-21-31-29(7)32(27(5)28(6)33(31)42-37)41-34(39)30(8)38-35(40)43-36(9,10)11/h24-26,30H,13-23H2,1-12H3,(H,38,40)/t25?,26?,30-,37?/m1/s1. The number of benzene rings is 1. The highest BCUT2D eigenvalue weighted by atomic mass is 16.6. The Morgan fingerprint density at radius 2 is 1.42 bits per heavy atom. The largest absolute Gasteiger partial charge is 0.487 e. The van der Waals surface area contributed by atoms with E-state index in [1.54, 1.807) is 27.7 Å². The van der Waals surface area contributed by atoms with Crippen LogP contribution < -0.4 is 14.8 Å². The summed E-state index contributed by atoms with van der Waals surface area (Å²) in [5, 5.41) is 2.58. The highest BCUT2D eigenvalue weighted by Gasteiger charge is 2.35. The lowest BCUT2D eigenvalue weighted by Gasteiger charge is -2.38. The van der Waals surface area contributed by atoms with Crippen LogP contribution in [0.5, 0.6) is 11.5 Å². The summed E-state index contributed by atoms with van der Waals surface area (Å²) in [6.45, 7) is 24.7. The van der Waals surface area contributed by atoms with Gasteiger partial charge in [-0.25, -0.2) is 9.59 Å². The van der Waals surface area contributed by atoms with Gasteiger partial charge in [-0.3, -0.25) is 0 Å². The molecule has 246 valence electrons. The summed E-state index contributed by atoms with van der Waals surface area (Å²) in [6.07, 6.45) is 12.8. The van der Waals surface area contributed by atoms with E-state index in [0.717, 1.165) is 65.0 Å². The van der Waals surface area contributed by atoms with E-state index in [0.29, 0.717) is 5.75 Å². The maximum atomic E-state index is 12.9. The molecule has 2 rings (SSSR count). The molecule has 0 bridgehead atoms. The van der Waals surface area contributed by atoms with Crippen molar-refractivity contribution < 1.29 is 23.8 Å². The zero-order valence-electron chi connectivity index (χ0n) is 29.6. The third-order valence-corrected chi connectivity index (χ3v) is 9.13. The second-order valence-corrected chi connectivity index (χ2v) is 15.2. The summed E-state index contributed by atoms with van der Waals surface area (Å²) in [6, 6.07) is -0.843. The minimum Gasteiger partial charge on any atom is -0.487 e. The second-order valence-electron chi connectivity index (χ2n) is 15.2. The van der Waals surface area contributed by atoms with Crippen molar-refractivity contribution in [3.05, 3.63) is 22.3 Å². The average Bonchev–Trinajstić information content (AvgIpc) is 2.88. The molecule has 0 fully saturated rings. The van der Waals surface area contributed by atoms with Gasteiger partial charge in [-0.15, -0.1) is 0 Å². The van der Waals surface area contributed by atoms with Crippen molar-refractivity contribution in [3.63, 3.8) is 0 Å². The van der Waals surface area contributed by atoms with Gasteiger partial charge in [0.05, 0.1) is 0 Å². The molecule has 43 heavy (non-hydrogen) atoms. The quantitative estimate of drug-likeness (QED) is 0.160. The zero-order chi connectivity index (χ0) is 32.5. The predicted octanol–water partition coefficient (Wildman–Crippen LogP) is 9.95. The smallest absolute Gasteiger partial charge is 0.408 e. The second kappa shape index (κ2) is 16.2. The van der Waals surface area contributed by atoms with Gasteiger partial charge in [-0.05, 0) is 116 Å². The fourth-order valence-corrected chi connectivity index (χ4v) is 6.15. The summed E-state index contributed by atoms with van der Waals surface area (Å²) in [7, 11) is 0. The van der Waals surface area contributed by atoms with E-state index in [2.05, 4.69) is 39.9 Å². The molecule has 0 radical (unpaired) electrons. The lowest BCUT2D eigenvalue weighted by molar-refractivity contribution is -0.136. The number of fused-ring (bicyclic) bond motifs is 1. The number of hydrogen-bond acceptors (Lipinski definition) is 5. The van der Waals surface area contributed by atoms with E-state index >= 15 is 0 Å². The summed E-state index contributed by atoms with van der Waals surface area (Å²) in [4.78, 5) is 25.1. The molecule has 1 aromatic rings. The fourth-order valence-electron chi connectivity index (χ4n) is 6.15. The van der Waals surface area contributed by atoms with Gasteiger partial charge in [0, 0.05) is 5.56 Å². The van der Waals surface area contributed by atoms with Gasteiger partial charge in [0.2, 0.25) is 0 Å².